The molecule has 0 aromatic heterocycles. The molecule has 0 spiro atoms. The first-order valence-corrected chi connectivity index (χ1v) is 12.4. The summed E-state index contributed by atoms with van der Waals surface area (Å²) in [5.74, 6) is 1.13. The highest BCUT2D eigenvalue weighted by molar-refractivity contribution is 7.89. The van der Waals surface area contributed by atoms with Crippen LogP contribution in [-0.2, 0) is 14.8 Å². The van der Waals surface area contributed by atoms with Crippen LogP contribution in [0.3, 0.4) is 0 Å². The second kappa shape index (κ2) is 9.90. The topological polar surface area (TPSA) is 128 Å². The van der Waals surface area contributed by atoms with Gasteiger partial charge in [-0.3, -0.25) is 9.59 Å². The van der Waals surface area contributed by atoms with Crippen molar-refractivity contribution >= 4 is 27.4 Å². The fourth-order valence-corrected chi connectivity index (χ4v) is 4.64. The van der Waals surface area contributed by atoms with Gasteiger partial charge < -0.3 is 19.7 Å². The number of Topliss-reactive ketones (excluding diaryl/α,β-unsaturated/α-hetero) is 1. The molecule has 2 aliphatic rings. The van der Waals surface area contributed by atoms with Crippen molar-refractivity contribution in [1.29, 1.82) is 0 Å². The Kier molecular flexibility index (Phi) is 6.96. The zero-order valence-corrected chi connectivity index (χ0v) is 19.0. The summed E-state index contributed by atoms with van der Waals surface area (Å²) in [5, 5.41) is 7.83. The molecule has 0 saturated carbocycles. The van der Waals surface area contributed by atoms with E-state index in [1.807, 2.05) is 0 Å². The second-order valence-electron chi connectivity index (χ2n) is 8.21. The van der Waals surface area contributed by atoms with E-state index in [-0.39, 0.29) is 28.9 Å². The van der Waals surface area contributed by atoms with Gasteiger partial charge >= 0.3 is 0 Å². The lowest BCUT2D eigenvalue weighted by molar-refractivity contribution is -0.116. The van der Waals surface area contributed by atoms with Gasteiger partial charge in [-0.05, 0) is 62.3 Å². The summed E-state index contributed by atoms with van der Waals surface area (Å²) in [7, 11) is -3.83. The average Bonchev–Trinajstić information content (AvgIpc) is 2.82. The van der Waals surface area contributed by atoms with Crippen molar-refractivity contribution in [3.8, 4) is 11.5 Å². The molecule has 4 rings (SSSR count). The minimum atomic E-state index is -3.83. The van der Waals surface area contributed by atoms with Gasteiger partial charge in [-0.1, -0.05) is 6.07 Å². The molecule has 2 heterocycles. The molecule has 10 heteroatoms. The first-order chi connectivity index (χ1) is 15.8. The van der Waals surface area contributed by atoms with Crippen LogP contribution in [0.2, 0.25) is 0 Å². The van der Waals surface area contributed by atoms with E-state index in [4.69, 9.17) is 14.6 Å². The fourth-order valence-electron chi connectivity index (χ4n) is 4.09. The summed E-state index contributed by atoms with van der Waals surface area (Å²) in [6, 6.07) is 11.2. The number of amides is 1. The molecule has 1 saturated heterocycles. The summed E-state index contributed by atoms with van der Waals surface area (Å²) in [6.07, 6.45) is 1.72. The quantitative estimate of drug-likeness (QED) is 0.589. The maximum absolute atomic E-state index is 12.9. The number of hydrogen-bond donors (Lipinski definition) is 2. The van der Waals surface area contributed by atoms with Crippen molar-refractivity contribution in [2.45, 2.75) is 24.2 Å². The minimum absolute atomic E-state index is 0.0509. The number of nitrogens with one attached hydrogen (secondary N) is 1. The number of ketones is 1. The van der Waals surface area contributed by atoms with Gasteiger partial charge in [0.2, 0.25) is 15.9 Å². The Morgan fingerprint density at radius 1 is 1.03 bits per heavy atom. The fraction of sp³-hybridized carbons (Fsp3) is 0.391. The minimum Gasteiger partial charge on any atom is -0.486 e. The van der Waals surface area contributed by atoms with Crippen LogP contribution in [0.1, 0.15) is 29.6 Å². The molecule has 2 aromatic carbocycles. The van der Waals surface area contributed by atoms with Crippen LogP contribution in [0.4, 0.5) is 5.69 Å². The monoisotopic (exact) mass is 473 g/mol. The van der Waals surface area contributed by atoms with Gasteiger partial charge in [0.1, 0.15) is 13.2 Å². The number of carbonyl (C=O) groups excluding carboxylic acids is 2. The Bertz CT molecular complexity index is 1140. The van der Waals surface area contributed by atoms with Crippen molar-refractivity contribution in [2.75, 3.05) is 38.2 Å². The number of hydrogen-bond acceptors (Lipinski definition) is 7. The lowest BCUT2D eigenvalue weighted by Crippen LogP contribution is -2.38. The van der Waals surface area contributed by atoms with Gasteiger partial charge in [-0.2, -0.15) is 0 Å². The molecule has 1 fully saturated rings. The molecule has 0 unspecified atom stereocenters. The third-order valence-corrected chi connectivity index (χ3v) is 6.80. The summed E-state index contributed by atoms with van der Waals surface area (Å²) >= 11 is 0. The van der Waals surface area contributed by atoms with Crippen LogP contribution in [0, 0.1) is 5.92 Å². The normalized spacial score (nSPS) is 16.9. The number of nitrogens with two attached hydrogens (primary N) is 1. The van der Waals surface area contributed by atoms with Crippen molar-refractivity contribution in [3.05, 3.63) is 48.0 Å². The smallest absolute Gasteiger partial charge is 0.238 e. The molecule has 33 heavy (non-hydrogen) atoms. The first kappa shape index (κ1) is 23.2. The number of nitrogens with zero attached hydrogens (tertiary/aromatic N) is 1. The molecule has 9 nitrogen and oxygen atoms in total. The summed E-state index contributed by atoms with van der Waals surface area (Å²) in [4.78, 5) is 27.3. The zero-order chi connectivity index (χ0) is 23.4. The largest absolute Gasteiger partial charge is 0.486 e. The van der Waals surface area contributed by atoms with Gasteiger partial charge in [-0.25, -0.2) is 13.6 Å². The Labute approximate surface area is 192 Å². The number of carbonyl (C=O) groups is 2. The molecule has 2 aromatic rings. The van der Waals surface area contributed by atoms with Crippen LogP contribution in [-0.4, -0.2) is 57.9 Å². The lowest BCUT2D eigenvalue weighted by Gasteiger charge is -2.31. The summed E-state index contributed by atoms with van der Waals surface area (Å²) < 4.78 is 34.0. The molecule has 0 aliphatic carbocycles. The number of fused-ring (bicyclic) bond motifs is 1. The number of ether oxygens (including phenoxy) is 2. The maximum atomic E-state index is 12.9. The predicted octanol–water partition coefficient (Wildman–Crippen LogP) is 2.03. The van der Waals surface area contributed by atoms with E-state index < -0.39 is 10.0 Å². The Morgan fingerprint density at radius 2 is 1.76 bits per heavy atom. The molecule has 1 amide bonds. The number of likely N-dealkylation sites (tertiary alicyclic amines) is 1. The highest BCUT2D eigenvalue weighted by Gasteiger charge is 2.27. The third-order valence-electron chi connectivity index (χ3n) is 5.89. The van der Waals surface area contributed by atoms with E-state index in [1.54, 1.807) is 24.3 Å². The van der Waals surface area contributed by atoms with E-state index in [0.717, 1.165) is 25.9 Å². The first-order valence-electron chi connectivity index (χ1n) is 10.9. The summed E-state index contributed by atoms with van der Waals surface area (Å²) in [5.41, 5.74) is 1.02. The Morgan fingerprint density at radius 3 is 2.48 bits per heavy atom. The molecule has 176 valence electrons. The predicted molar refractivity (Wildman–Crippen MR) is 122 cm³/mol. The summed E-state index contributed by atoms with van der Waals surface area (Å²) in [6.45, 7) is 3.02. The van der Waals surface area contributed by atoms with Crippen LogP contribution in [0.25, 0.3) is 0 Å². The van der Waals surface area contributed by atoms with Crippen LogP contribution >= 0.6 is 0 Å². The highest BCUT2D eigenvalue weighted by Crippen LogP contribution is 2.32. The third kappa shape index (κ3) is 5.89. The van der Waals surface area contributed by atoms with Crippen molar-refractivity contribution < 1.29 is 27.5 Å². The number of anilines is 1. The second-order valence-corrected chi connectivity index (χ2v) is 9.77. The van der Waals surface area contributed by atoms with Crippen molar-refractivity contribution in [1.82, 2.24) is 4.90 Å². The van der Waals surface area contributed by atoms with Crippen molar-refractivity contribution in [3.63, 3.8) is 0 Å². The number of rotatable bonds is 7. The van der Waals surface area contributed by atoms with E-state index in [9.17, 15) is 18.0 Å². The number of sulfonamides is 1. The molecule has 0 atom stereocenters. The number of primary sulfonamides is 1. The van der Waals surface area contributed by atoms with Crippen LogP contribution in [0.5, 0.6) is 11.5 Å². The van der Waals surface area contributed by atoms with Gasteiger partial charge in [0.15, 0.2) is 17.3 Å². The van der Waals surface area contributed by atoms with Crippen LogP contribution < -0.4 is 19.9 Å². The molecule has 0 radical (unpaired) electrons. The molecular formula is C23H27N3O6S. The SMILES string of the molecule is NS(=O)(=O)c1cccc(NC(=O)CCN2CCC(C(=O)c3ccc4c(c3)OCCO4)CC2)c1. The van der Waals surface area contributed by atoms with Gasteiger partial charge in [0, 0.05) is 30.1 Å². The molecule has 2 aliphatic heterocycles. The van der Waals surface area contributed by atoms with E-state index in [2.05, 4.69) is 10.2 Å². The van der Waals surface area contributed by atoms with Crippen molar-refractivity contribution in [2.24, 2.45) is 11.1 Å². The van der Waals surface area contributed by atoms with E-state index >= 15 is 0 Å². The number of benzene rings is 2. The molecule has 3 N–H and O–H groups in total. The van der Waals surface area contributed by atoms with E-state index in [1.165, 1.54) is 18.2 Å². The van der Waals surface area contributed by atoms with Gasteiger partial charge in [-0.15, -0.1) is 0 Å². The average molecular weight is 474 g/mol. The Balaban J connectivity index is 1.24. The van der Waals surface area contributed by atoms with Gasteiger partial charge in [0.25, 0.3) is 0 Å². The standard InChI is InChI=1S/C23H27N3O6S/c24-33(29,30)19-3-1-2-18(15-19)25-22(27)8-11-26-9-6-16(7-10-26)23(28)17-4-5-20-21(14-17)32-13-12-31-20/h1-5,14-16H,6-13H2,(H,25,27)(H2,24,29,30). The highest BCUT2D eigenvalue weighted by atomic mass is 32.2. The molecule has 0 bridgehead atoms. The van der Waals surface area contributed by atoms with Crippen LogP contribution in [0.15, 0.2) is 47.4 Å². The maximum Gasteiger partial charge on any atom is 0.238 e. The molecular weight excluding hydrogens is 446 g/mol. The number of piperidine rings is 1. The Hall–Kier alpha value is -2.95. The lowest BCUT2D eigenvalue weighted by atomic mass is 9.88. The van der Waals surface area contributed by atoms with Gasteiger partial charge in [0.05, 0.1) is 4.90 Å². The van der Waals surface area contributed by atoms with E-state index in [0.29, 0.717) is 42.5 Å². The zero-order valence-electron chi connectivity index (χ0n) is 18.2.